The maximum absolute atomic E-state index is 10.7. The standard InChI is InChI=1S/C13H11ClN2O2/c1-18-10-4-2-8-6-9(3-5-12(15)17)13(14)16-11(8)7-10/h2-7H,1H3,(H2,15,17)/b5-3+. The number of pyridine rings is 1. The molecule has 1 aromatic heterocycles. The molecule has 2 rings (SSSR count). The highest BCUT2D eigenvalue weighted by atomic mass is 35.5. The van der Waals surface area contributed by atoms with E-state index in [0.29, 0.717) is 16.5 Å². The molecule has 0 radical (unpaired) electrons. The van der Waals surface area contributed by atoms with E-state index in [1.807, 2.05) is 18.2 Å². The van der Waals surface area contributed by atoms with Crippen molar-refractivity contribution in [2.45, 2.75) is 0 Å². The minimum atomic E-state index is -0.527. The van der Waals surface area contributed by atoms with Crippen LogP contribution in [0.4, 0.5) is 0 Å². The fourth-order valence-corrected chi connectivity index (χ4v) is 1.76. The fourth-order valence-electron chi connectivity index (χ4n) is 1.56. The second kappa shape index (κ2) is 5.06. The Hall–Kier alpha value is -2.07. The molecule has 0 atom stereocenters. The van der Waals surface area contributed by atoms with E-state index < -0.39 is 5.91 Å². The summed E-state index contributed by atoms with van der Waals surface area (Å²) >= 11 is 6.03. The van der Waals surface area contributed by atoms with E-state index in [2.05, 4.69) is 4.98 Å². The van der Waals surface area contributed by atoms with Crippen molar-refractivity contribution in [3.63, 3.8) is 0 Å². The Morgan fingerprint density at radius 1 is 1.44 bits per heavy atom. The van der Waals surface area contributed by atoms with Gasteiger partial charge in [-0.05, 0) is 24.3 Å². The highest BCUT2D eigenvalue weighted by Crippen LogP contribution is 2.24. The number of methoxy groups -OCH3 is 1. The van der Waals surface area contributed by atoms with Crippen molar-refractivity contribution >= 4 is 34.5 Å². The predicted octanol–water partition coefficient (Wildman–Crippen LogP) is 2.40. The van der Waals surface area contributed by atoms with Crippen molar-refractivity contribution < 1.29 is 9.53 Å². The van der Waals surface area contributed by atoms with Crippen LogP contribution < -0.4 is 10.5 Å². The van der Waals surface area contributed by atoms with Crippen LogP contribution in [0.2, 0.25) is 5.15 Å². The third-order valence-corrected chi connectivity index (χ3v) is 2.74. The third kappa shape index (κ3) is 2.60. The molecule has 0 saturated carbocycles. The lowest BCUT2D eigenvalue weighted by Gasteiger charge is -2.04. The van der Waals surface area contributed by atoms with Crippen LogP contribution >= 0.6 is 11.6 Å². The van der Waals surface area contributed by atoms with Gasteiger partial charge in [-0.2, -0.15) is 0 Å². The van der Waals surface area contributed by atoms with Crippen LogP contribution in [0.25, 0.3) is 17.0 Å². The number of ether oxygens (including phenoxy) is 1. The van der Waals surface area contributed by atoms with Gasteiger partial charge >= 0.3 is 0 Å². The van der Waals surface area contributed by atoms with E-state index in [-0.39, 0.29) is 0 Å². The molecule has 0 fully saturated rings. The zero-order valence-corrected chi connectivity index (χ0v) is 10.4. The first kappa shape index (κ1) is 12.4. The van der Waals surface area contributed by atoms with Gasteiger partial charge in [-0.15, -0.1) is 0 Å². The maximum atomic E-state index is 10.7. The molecule has 0 aliphatic rings. The molecule has 0 saturated heterocycles. The molecular weight excluding hydrogens is 252 g/mol. The van der Waals surface area contributed by atoms with E-state index in [9.17, 15) is 4.79 Å². The highest BCUT2D eigenvalue weighted by molar-refractivity contribution is 6.31. The molecule has 2 aromatic rings. The second-order valence-corrected chi connectivity index (χ2v) is 4.02. The van der Waals surface area contributed by atoms with E-state index in [1.165, 1.54) is 6.08 Å². The highest BCUT2D eigenvalue weighted by Gasteiger charge is 2.04. The monoisotopic (exact) mass is 262 g/mol. The van der Waals surface area contributed by atoms with Crippen molar-refractivity contribution in [2.75, 3.05) is 7.11 Å². The number of carbonyl (C=O) groups excluding carboxylic acids is 1. The normalized spacial score (nSPS) is 11.0. The molecule has 1 amide bonds. The Kier molecular flexibility index (Phi) is 3.48. The van der Waals surface area contributed by atoms with Crippen LogP contribution in [0.3, 0.4) is 0 Å². The molecule has 2 N–H and O–H groups in total. The summed E-state index contributed by atoms with van der Waals surface area (Å²) in [6.07, 6.45) is 2.79. The summed E-state index contributed by atoms with van der Waals surface area (Å²) in [6.45, 7) is 0. The number of amides is 1. The number of aromatic nitrogens is 1. The Balaban J connectivity index is 2.52. The van der Waals surface area contributed by atoms with E-state index >= 15 is 0 Å². The van der Waals surface area contributed by atoms with Gasteiger partial charge in [0, 0.05) is 23.1 Å². The number of fused-ring (bicyclic) bond motifs is 1. The SMILES string of the molecule is COc1ccc2cc(/C=C/C(N)=O)c(Cl)nc2c1. The molecule has 18 heavy (non-hydrogen) atoms. The Morgan fingerprint density at radius 3 is 2.89 bits per heavy atom. The fraction of sp³-hybridized carbons (Fsp3) is 0.0769. The molecule has 4 nitrogen and oxygen atoms in total. The summed E-state index contributed by atoms with van der Waals surface area (Å²) in [5.74, 6) is 0.187. The van der Waals surface area contributed by atoms with Crippen molar-refractivity contribution in [2.24, 2.45) is 5.73 Å². The quantitative estimate of drug-likeness (QED) is 0.682. The van der Waals surface area contributed by atoms with Gasteiger partial charge in [0.2, 0.25) is 5.91 Å². The first-order valence-electron chi connectivity index (χ1n) is 5.22. The average molecular weight is 263 g/mol. The lowest BCUT2D eigenvalue weighted by atomic mass is 10.1. The summed E-state index contributed by atoms with van der Waals surface area (Å²) in [5, 5.41) is 1.22. The van der Waals surface area contributed by atoms with Crippen molar-refractivity contribution in [3.05, 3.63) is 41.1 Å². The van der Waals surface area contributed by atoms with Crippen LogP contribution in [-0.4, -0.2) is 18.0 Å². The van der Waals surface area contributed by atoms with Gasteiger partial charge in [-0.25, -0.2) is 4.98 Å². The van der Waals surface area contributed by atoms with Gasteiger partial charge in [-0.1, -0.05) is 11.6 Å². The minimum Gasteiger partial charge on any atom is -0.497 e. The number of halogens is 1. The first-order valence-corrected chi connectivity index (χ1v) is 5.60. The maximum Gasteiger partial charge on any atom is 0.241 e. The Bertz CT molecular complexity index is 638. The number of hydrogen-bond donors (Lipinski definition) is 1. The number of hydrogen-bond acceptors (Lipinski definition) is 3. The molecular formula is C13H11ClN2O2. The first-order chi connectivity index (χ1) is 8.60. The van der Waals surface area contributed by atoms with Gasteiger partial charge in [0.15, 0.2) is 0 Å². The minimum absolute atomic E-state index is 0.313. The number of carbonyl (C=O) groups is 1. The van der Waals surface area contributed by atoms with Crippen LogP contribution in [-0.2, 0) is 4.79 Å². The van der Waals surface area contributed by atoms with E-state index in [4.69, 9.17) is 22.1 Å². The van der Waals surface area contributed by atoms with Gasteiger partial charge in [0.1, 0.15) is 10.9 Å². The van der Waals surface area contributed by atoms with Gasteiger partial charge < -0.3 is 10.5 Å². The lowest BCUT2D eigenvalue weighted by Crippen LogP contribution is -2.05. The van der Waals surface area contributed by atoms with Crippen LogP contribution in [0, 0.1) is 0 Å². The van der Waals surface area contributed by atoms with Gasteiger partial charge in [-0.3, -0.25) is 4.79 Å². The summed E-state index contributed by atoms with van der Waals surface area (Å²) in [4.78, 5) is 14.9. The zero-order chi connectivity index (χ0) is 13.1. The average Bonchev–Trinajstić information content (AvgIpc) is 2.35. The molecule has 5 heteroatoms. The van der Waals surface area contributed by atoms with Crippen molar-refractivity contribution in [1.29, 1.82) is 0 Å². The van der Waals surface area contributed by atoms with Crippen LogP contribution in [0.5, 0.6) is 5.75 Å². The topological polar surface area (TPSA) is 65.2 Å². The van der Waals surface area contributed by atoms with Crippen LogP contribution in [0.1, 0.15) is 5.56 Å². The van der Waals surface area contributed by atoms with Gasteiger partial charge in [0.05, 0.1) is 12.6 Å². The number of nitrogens with zero attached hydrogens (tertiary/aromatic N) is 1. The predicted molar refractivity (Wildman–Crippen MR) is 71.5 cm³/mol. The molecule has 1 aromatic carbocycles. The summed E-state index contributed by atoms with van der Waals surface area (Å²) < 4.78 is 5.11. The molecule has 92 valence electrons. The summed E-state index contributed by atoms with van der Waals surface area (Å²) in [7, 11) is 1.59. The third-order valence-electron chi connectivity index (χ3n) is 2.43. The molecule has 0 spiro atoms. The van der Waals surface area contributed by atoms with Crippen LogP contribution in [0.15, 0.2) is 30.3 Å². The number of primary amides is 1. The molecule has 1 heterocycles. The summed E-state index contributed by atoms with van der Waals surface area (Å²) in [5.41, 5.74) is 6.41. The van der Waals surface area contributed by atoms with Gasteiger partial charge in [0.25, 0.3) is 0 Å². The van der Waals surface area contributed by atoms with Crippen molar-refractivity contribution in [1.82, 2.24) is 4.98 Å². The Labute approximate surface area is 109 Å². The van der Waals surface area contributed by atoms with E-state index in [0.717, 1.165) is 10.9 Å². The number of benzene rings is 1. The lowest BCUT2D eigenvalue weighted by molar-refractivity contribution is -0.113. The second-order valence-electron chi connectivity index (χ2n) is 3.66. The number of rotatable bonds is 3. The largest absolute Gasteiger partial charge is 0.497 e. The molecule has 0 unspecified atom stereocenters. The molecule has 0 aliphatic heterocycles. The molecule has 0 bridgehead atoms. The number of nitrogens with two attached hydrogens (primary N) is 1. The summed E-state index contributed by atoms with van der Waals surface area (Å²) in [6, 6.07) is 7.34. The van der Waals surface area contributed by atoms with Crippen molar-refractivity contribution in [3.8, 4) is 5.75 Å². The smallest absolute Gasteiger partial charge is 0.241 e. The molecule has 0 aliphatic carbocycles. The van der Waals surface area contributed by atoms with E-state index in [1.54, 1.807) is 19.3 Å². The Morgan fingerprint density at radius 2 is 2.22 bits per heavy atom. The zero-order valence-electron chi connectivity index (χ0n) is 9.68.